The summed E-state index contributed by atoms with van der Waals surface area (Å²) in [6.45, 7) is 7.75. The van der Waals surface area contributed by atoms with E-state index >= 15 is 0 Å². The van der Waals surface area contributed by atoms with Crippen molar-refractivity contribution in [1.82, 2.24) is 4.31 Å². The van der Waals surface area contributed by atoms with Crippen LogP contribution in [-0.4, -0.2) is 31.8 Å². The van der Waals surface area contributed by atoms with Gasteiger partial charge < -0.3 is 4.74 Å². The second kappa shape index (κ2) is 9.50. The number of hydrogen-bond acceptors (Lipinski definition) is 4. The van der Waals surface area contributed by atoms with Crippen molar-refractivity contribution < 1.29 is 22.3 Å². The van der Waals surface area contributed by atoms with Crippen molar-refractivity contribution in [1.29, 1.82) is 0 Å². The molecular weight excluding hydrogens is 393 g/mol. The Labute approximate surface area is 172 Å². The first kappa shape index (κ1) is 23.0. The van der Waals surface area contributed by atoms with E-state index in [0.29, 0.717) is 0 Å². The molecule has 0 amide bonds. The Morgan fingerprint density at radius 2 is 1.69 bits per heavy atom. The second-order valence-electron chi connectivity index (χ2n) is 7.76. The van der Waals surface area contributed by atoms with E-state index in [0.717, 1.165) is 9.87 Å². The van der Waals surface area contributed by atoms with E-state index in [1.165, 1.54) is 12.1 Å². The minimum Gasteiger partial charge on any atom is -0.466 e. The molecule has 0 radical (unpaired) electrons. The van der Waals surface area contributed by atoms with Crippen molar-refractivity contribution in [3.05, 3.63) is 65.5 Å². The molecule has 0 aliphatic carbocycles. The minimum absolute atomic E-state index is 0.101. The van der Waals surface area contributed by atoms with Crippen molar-refractivity contribution in [2.45, 2.75) is 51.0 Å². The predicted molar refractivity (Wildman–Crippen MR) is 110 cm³/mol. The summed E-state index contributed by atoms with van der Waals surface area (Å²) < 4.78 is 46.6. The third kappa shape index (κ3) is 6.11. The number of esters is 1. The first-order valence-electron chi connectivity index (χ1n) is 9.55. The lowest BCUT2D eigenvalue weighted by molar-refractivity contribution is -0.143. The topological polar surface area (TPSA) is 63.7 Å². The Balaban J connectivity index is 2.34. The van der Waals surface area contributed by atoms with Crippen LogP contribution < -0.4 is 0 Å². The molecule has 2 aromatic carbocycles. The molecule has 5 nitrogen and oxygen atoms in total. The smallest absolute Gasteiger partial charge is 0.307 e. The fourth-order valence-corrected chi connectivity index (χ4v) is 4.24. The van der Waals surface area contributed by atoms with Gasteiger partial charge in [0.15, 0.2) is 0 Å². The zero-order valence-corrected chi connectivity index (χ0v) is 18.1. The van der Waals surface area contributed by atoms with Gasteiger partial charge in [-0.25, -0.2) is 12.8 Å². The highest BCUT2D eigenvalue weighted by atomic mass is 32.2. The molecule has 0 N–H and O–H groups in total. The van der Waals surface area contributed by atoms with Gasteiger partial charge in [-0.3, -0.25) is 4.79 Å². The Morgan fingerprint density at radius 1 is 1.07 bits per heavy atom. The summed E-state index contributed by atoms with van der Waals surface area (Å²) in [4.78, 5) is 11.9. The fraction of sp³-hybridized carbons (Fsp3) is 0.409. The van der Waals surface area contributed by atoms with Crippen LogP contribution in [0, 0.1) is 5.82 Å². The van der Waals surface area contributed by atoms with Crippen LogP contribution >= 0.6 is 0 Å². The van der Waals surface area contributed by atoms with Crippen LogP contribution in [-0.2, 0) is 31.5 Å². The summed E-state index contributed by atoms with van der Waals surface area (Å²) in [6, 6.07) is 12.7. The standard InChI is InChI=1S/C22H28FNO4S/c1-5-28-21(25)14-15-24(16-17-8-6-7-9-20(17)23)29(26,27)19-12-10-18(11-13-19)22(2,3)4/h6-13H,5,14-16H2,1-4H3. The molecule has 2 rings (SSSR count). The van der Waals surface area contributed by atoms with E-state index in [1.54, 1.807) is 43.3 Å². The highest BCUT2D eigenvalue weighted by Crippen LogP contribution is 2.25. The average molecular weight is 422 g/mol. The SMILES string of the molecule is CCOC(=O)CCN(Cc1ccccc1F)S(=O)(=O)c1ccc(C(C)(C)C)cc1. The molecule has 158 valence electrons. The maximum atomic E-state index is 14.1. The maximum absolute atomic E-state index is 14.1. The molecule has 0 fully saturated rings. The quantitative estimate of drug-likeness (QED) is 0.597. The lowest BCUT2D eigenvalue weighted by atomic mass is 9.87. The van der Waals surface area contributed by atoms with Gasteiger partial charge in [-0.1, -0.05) is 51.1 Å². The van der Waals surface area contributed by atoms with Crippen molar-refractivity contribution in [2.75, 3.05) is 13.2 Å². The monoisotopic (exact) mass is 421 g/mol. The first-order valence-corrected chi connectivity index (χ1v) is 11.0. The van der Waals surface area contributed by atoms with Crippen LogP contribution in [0.1, 0.15) is 45.2 Å². The average Bonchev–Trinajstić information content (AvgIpc) is 2.66. The molecule has 0 aliphatic rings. The number of rotatable bonds is 8. The lowest BCUT2D eigenvalue weighted by Gasteiger charge is -2.23. The van der Waals surface area contributed by atoms with E-state index in [-0.39, 0.29) is 42.0 Å². The number of carbonyl (C=O) groups excluding carboxylic acids is 1. The van der Waals surface area contributed by atoms with Gasteiger partial charge in [0.05, 0.1) is 17.9 Å². The van der Waals surface area contributed by atoms with Crippen molar-refractivity contribution >= 4 is 16.0 Å². The first-order chi connectivity index (χ1) is 13.6. The minimum atomic E-state index is -3.93. The third-order valence-corrected chi connectivity index (χ3v) is 6.39. The molecule has 0 unspecified atom stereocenters. The summed E-state index contributed by atoms with van der Waals surface area (Å²) in [6.07, 6.45) is -0.110. The molecule has 29 heavy (non-hydrogen) atoms. The molecular formula is C22H28FNO4S. The van der Waals surface area contributed by atoms with E-state index in [1.807, 2.05) is 20.8 Å². The number of hydrogen-bond donors (Lipinski definition) is 0. The van der Waals surface area contributed by atoms with E-state index in [9.17, 15) is 17.6 Å². The van der Waals surface area contributed by atoms with Crippen LogP contribution in [0.15, 0.2) is 53.4 Å². The largest absolute Gasteiger partial charge is 0.466 e. The normalized spacial score (nSPS) is 12.2. The molecule has 7 heteroatoms. The van der Waals surface area contributed by atoms with Crippen LogP contribution in [0.5, 0.6) is 0 Å². The molecule has 0 spiro atoms. The van der Waals surface area contributed by atoms with E-state index in [2.05, 4.69) is 0 Å². The third-order valence-electron chi connectivity index (χ3n) is 4.53. The highest BCUT2D eigenvalue weighted by molar-refractivity contribution is 7.89. The van der Waals surface area contributed by atoms with Crippen LogP contribution in [0.4, 0.5) is 4.39 Å². The number of carbonyl (C=O) groups is 1. The van der Waals surface area contributed by atoms with Gasteiger partial charge in [0, 0.05) is 18.7 Å². The molecule has 0 saturated heterocycles. The molecule has 0 saturated carbocycles. The number of sulfonamides is 1. The number of nitrogens with zero attached hydrogens (tertiary/aromatic N) is 1. The molecule has 0 heterocycles. The summed E-state index contributed by atoms with van der Waals surface area (Å²) >= 11 is 0. The van der Waals surface area contributed by atoms with Crippen LogP contribution in [0.3, 0.4) is 0 Å². The van der Waals surface area contributed by atoms with Gasteiger partial charge in [0.1, 0.15) is 5.82 Å². The van der Waals surface area contributed by atoms with E-state index < -0.39 is 21.8 Å². The summed E-state index contributed by atoms with van der Waals surface area (Å²) in [5.41, 5.74) is 1.13. The van der Waals surface area contributed by atoms with Crippen molar-refractivity contribution in [3.63, 3.8) is 0 Å². The Hall–Kier alpha value is -2.25. The number of halogens is 1. The van der Waals surface area contributed by atoms with Crippen LogP contribution in [0.25, 0.3) is 0 Å². The van der Waals surface area contributed by atoms with Crippen LogP contribution in [0.2, 0.25) is 0 Å². The van der Waals surface area contributed by atoms with Gasteiger partial charge in [-0.2, -0.15) is 4.31 Å². The molecule has 0 aromatic heterocycles. The molecule has 0 aliphatic heterocycles. The lowest BCUT2D eigenvalue weighted by Crippen LogP contribution is -2.33. The summed E-state index contributed by atoms with van der Waals surface area (Å²) in [5.74, 6) is -0.990. The van der Waals surface area contributed by atoms with Gasteiger partial charge >= 0.3 is 5.97 Å². The molecule has 0 atom stereocenters. The van der Waals surface area contributed by atoms with Crippen molar-refractivity contribution in [2.24, 2.45) is 0 Å². The number of benzene rings is 2. The number of ether oxygens (including phenoxy) is 1. The highest BCUT2D eigenvalue weighted by Gasteiger charge is 2.27. The predicted octanol–water partition coefficient (Wildman–Crippen LogP) is 4.27. The van der Waals surface area contributed by atoms with E-state index in [4.69, 9.17) is 4.74 Å². The molecule has 2 aromatic rings. The van der Waals surface area contributed by atoms with Gasteiger partial charge in [0.25, 0.3) is 0 Å². The molecule has 0 bridgehead atoms. The fourth-order valence-electron chi connectivity index (χ4n) is 2.83. The van der Waals surface area contributed by atoms with Gasteiger partial charge in [-0.05, 0) is 36.1 Å². The second-order valence-corrected chi connectivity index (χ2v) is 9.70. The zero-order chi connectivity index (χ0) is 21.7. The maximum Gasteiger partial charge on any atom is 0.307 e. The van der Waals surface area contributed by atoms with Crippen molar-refractivity contribution in [3.8, 4) is 0 Å². The van der Waals surface area contributed by atoms with Gasteiger partial charge in [-0.15, -0.1) is 0 Å². The summed E-state index contributed by atoms with van der Waals surface area (Å²) in [7, 11) is -3.93. The Bertz CT molecular complexity index is 934. The van der Waals surface area contributed by atoms with Gasteiger partial charge in [0.2, 0.25) is 10.0 Å². The Morgan fingerprint density at radius 3 is 2.24 bits per heavy atom. The Kier molecular flexibility index (Phi) is 7.54. The summed E-state index contributed by atoms with van der Waals surface area (Å²) in [5, 5.41) is 0. The zero-order valence-electron chi connectivity index (χ0n) is 17.3.